The number of carbonyl (C=O) groups is 1. The van der Waals surface area contributed by atoms with E-state index in [1.165, 1.54) is 17.7 Å². The van der Waals surface area contributed by atoms with E-state index in [4.69, 9.17) is 4.98 Å². The molecule has 1 aliphatic heterocycles. The average molecular weight is 407 g/mol. The quantitative estimate of drug-likeness (QED) is 0.606. The molecule has 6 heteroatoms. The molecule has 0 aliphatic carbocycles. The minimum Gasteiger partial charge on any atom is -0.340 e. The number of imidazole rings is 1. The number of anilines is 2. The van der Waals surface area contributed by atoms with E-state index in [-0.39, 0.29) is 11.7 Å². The van der Waals surface area contributed by atoms with Crippen LogP contribution in [0.25, 0.3) is 11.3 Å². The minimum atomic E-state index is -0.275. The lowest BCUT2D eigenvalue weighted by Crippen LogP contribution is -2.38. The fourth-order valence-corrected chi connectivity index (χ4v) is 3.74. The molecule has 4 rings (SSSR count). The van der Waals surface area contributed by atoms with Gasteiger partial charge in [0.05, 0.1) is 6.54 Å². The molecule has 1 N–H and O–H groups in total. The number of aromatic nitrogens is 2. The Morgan fingerprint density at radius 2 is 1.83 bits per heavy atom. The third-order valence-corrected chi connectivity index (χ3v) is 5.50. The van der Waals surface area contributed by atoms with Crippen LogP contribution in [-0.2, 0) is 17.9 Å². The molecule has 3 aromatic rings. The summed E-state index contributed by atoms with van der Waals surface area (Å²) >= 11 is 0. The Labute approximate surface area is 176 Å². The van der Waals surface area contributed by atoms with Gasteiger partial charge in [-0.2, -0.15) is 0 Å². The van der Waals surface area contributed by atoms with Crippen LogP contribution in [0.15, 0.2) is 48.5 Å². The van der Waals surface area contributed by atoms with Gasteiger partial charge in [-0.1, -0.05) is 31.0 Å². The maximum Gasteiger partial charge on any atom is 0.223 e. The Morgan fingerprint density at radius 3 is 2.53 bits per heavy atom. The Kier molecular flexibility index (Phi) is 5.84. The molecule has 0 saturated heterocycles. The van der Waals surface area contributed by atoms with Gasteiger partial charge in [0.2, 0.25) is 5.91 Å². The molecule has 0 spiro atoms. The smallest absolute Gasteiger partial charge is 0.223 e. The molecule has 0 bridgehead atoms. The van der Waals surface area contributed by atoms with Gasteiger partial charge in [-0.05, 0) is 49.7 Å². The largest absolute Gasteiger partial charge is 0.340 e. The van der Waals surface area contributed by atoms with Crippen LogP contribution in [0.5, 0.6) is 0 Å². The van der Waals surface area contributed by atoms with E-state index in [9.17, 15) is 9.18 Å². The second-order valence-electron chi connectivity index (χ2n) is 7.79. The zero-order valence-corrected chi connectivity index (χ0v) is 17.5. The highest BCUT2D eigenvalue weighted by Gasteiger charge is 2.26. The molecule has 0 saturated carbocycles. The highest BCUT2D eigenvalue weighted by molar-refractivity contribution is 5.78. The van der Waals surface area contributed by atoms with E-state index in [0.717, 1.165) is 41.4 Å². The molecule has 2 aromatic carbocycles. The number of benzene rings is 2. The predicted molar refractivity (Wildman–Crippen MR) is 117 cm³/mol. The van der Waals surface area contributed by atoms with Gasteiger partial charge >= 0.3 is 0 Å². The van der Waals surface area contributed by atoms with E-state index in [2.05, 4.69) is 35.9 Å². The summed E-state index contributed by atoms with van der Waals surface area (Å²) in [6.45, 7) is 5.98. The lowest BCUT2D eigenvalue weighted by molar-refractivity contribution is -0.132. The van der Waals surface area contributed by atoms with Gasteiger partial charge in [0.15, 0.2) is 0 Å². The average Bonchev–Trinajstić information content (AvgIpc) is 3.11. The summed E-state index contributed by atoms with van der Waals surface area (Å²) in [5.74, 6) is 1.63. The molecule has 0 atom stereocenters. The number of aryl methyl sites for hydroxylation is 1. The summed E-state index contributed by atoms with van der Waals surface area (Å²) in [5, 5.41) is 3.50. The van der Waals surface area contributed by atoms with Crippen molar-refractivity contribution in [3.8, 4) is 11.3 Å². The number of carbonyl (C=O) groups excluding carboxylic acids is 1. The van der Waals surface area contributed by atoms with Gasteiger partial charge in [0.1, 0.15) is 23.2 Å². The van der Waals surface area contributed by atoms with Crippen molar-refractivity contribution in [2.24, 2.45) is 0 Å². The Morgan fingerprint density at radius 1 is 1.10 bits per heavy atom. The van der Waals surface area contributed by atoms with Crippen molar-refractivity contribution in [1.82, 2.24) is 14.5 Å². The summed E-state index contributed by atoms with van der Waals surface area (Å²) in [4.78, 5) is 19.3. The third kappa shape index (κ3) is 4.22. The monoisotopic (exact) mass is 406 g/mol. The minimum absolute atomic E-state index is 0.183. The van der Waals surface area contributed by atoms with Crippen molar-refractivity contribution < 1.29 is 9.18 Å². The molecule has 1 amide bonds. The van der Waals surface area contributed by atoms with Crippen LogP contribution in [-0.4, -0.2) is 26.9 Å². The molecule has 30 heavy (non-hydrogen) atoms. The van der Waals surface area contributed by atoms with E-state index >= 15 is 0 Å². The van der Waals surface area contributed by atoms with Crippen LogP contribution in [0.4, 0.5) is 15.9 Å². The second-order valence-corrected chi connectivity index (χ2v) is 7.79. The van der Waals surface area contributed by atoms with Crippen molar-refractivity contribution in [3.63, 3.8) is 0 Å². The van der Waals surface area contributed by atoms with Gasteiger partial charge in [0, 0.05) is 30.8 Å². The van der Waals surface area contributed by atoms with Crippen molar-refractivity contribution in [2.75, 3.05) is 11.9 Å². The number of fused-ring (bicyclic) bond motifs is 1. The lowest BCUT2D eigenvalue weighted by Gasteiger charge is -2.28. The summed E-state index contributed by atoms with van der Waals surface area (Å²) in [5.41, 5.74) is 3.77. The molecule has 0 radical (unpaired) electrons. The topological polar surface area (TPSA) is 50.2 Å². The standard InChI is InChI=1S/C24H27FN4O/c1-3-4-5-22(30)28-14-15-29-21(16-28)27-23(18-8-10-19(25)11-9-18)24(29)26-20-12-6-17(2)7-13-20/h6-13,26H,3-5,14-16H2,1-2H3. The van der Waals surface area contributed by atoms with Gasteiger partial charge in [-0.25, -0.2) is 9.37 Å². The van der Waals surface area contributed by atoms with Crippen LogP contribution in [0, 0.1) is 12.7 Å². The summed E-state index contributed by atoms with van der Waals surface area (Å²) in [6, 6.07) is 14.6. The number of hydrogen-bond donors (Lipinski definition) is 1. The number of nitrogens with one attached hydrogen (secondary N) is 1. The normalized spacial score (nSPS) is 13.2. The molecule has 2 heterocycles. The van der Waals surface area contributed by atoms with Crippen LogP contribution in [0.2, 0.25) is 0 Å². The van der Waals surface area contributed by atoms with Crippen molar-refractivity contribution in [1.29, 1.82) is 0 Å². The van der Waals surface area contributed by atoms with E-state index in [0.29, 0.717) is 26.1 Å². The Balaban J connectivity index is 1.69. The highest BCUT2D eigenvalue weighted by Crippen LogP contribution is 2.33. The lowest BCUT2D eigenvalue weighted by atomic mass is 10.1. The summed E-state index contributed by atoms with van der Waals surface area (Å²) in [6.07, 6.45) is 2.49. The summed E-state index contributed by atoms with van der Waals surface area (Å²) in [7, 11) is 0. The first-order chi connectivity index (χ1) is 14.5. The van der Waals surface area contributed by atoms with Gasteiger partial charge in [-0.3, -0.25) is 4.79 Å². The van der Waals surface area contributed by atoms with Crippen molar-refractivity contribution in [3.05, 3.63) is 65.7 Å². The van der Waals surface area contributed by atoms with Crippen LogP contribution >= 0.6 is 0 Å². The predicted octanol–water partition coefficient (Wildman–Crippen LogP) is 5.27. The molecule has 156 valence electrons. The number of rotatable bonds is 6. The van der Waals surface area contributed by atoms with Crippen molar-refractivity contribution >= 4 is 17.4 Å². The number of unbranched alkanes of at least 4 members (excludes halogenated alkanes) is 1. The second kappa shape index (κ2) is 8.69. The van der Waals surface area contributed by atoms with Gasteiger partial charge in [-0.15, -0.1) is 0 Å². The van der Waals surface area contributed by atoms with E-state index < -0.39 is 0 Å². The first-order valence-corrected chi connectivity index (χ1v) is 10.5. The fourth-order valence-electron chi connectivity index (χ4n) is 3.74. The SMILES string of the molecule is CCCCC(=O)N1CCn2c(nc(-c3ccc(F)cc3)c2Nc2ccc(C)cc2)C1. The molecule has 1 aromatic heterocycles. The Hall–Kier alpha value is -3.15. The van der Waals surface area contributed by atoms with E-state index in [1.54, 1.807) is 12.1 Å². The maximum atomic E-state index is 13.5. The molecule has 0 fully saturated rings. The molecular weight excluding hydrogens is 379 g/mol. The molecule has 5 nitrogen and oxygen atoms in total. The highest BCUT2D eigenvalue weighted by atomic mass is 19.1. The fraction of sp³-hybridized carbons (Fsp3) is 0.333. The van der Waals surface area contributed by atoms with Gasteiger partial charge in [0.25, 0.3) is 0 Å². The van der Waals surface area contributed by atoms with Crippen molar-refractivity contribution in [2.45, 2.75) is 46.2 Å². The maximum absolute atomic E-state index is 13.5. The third-order valence-electron chi connectivity index (χ3n) is 5.50. The molecular formula is C24H27FN4O. The number of halogens is 1. The summed E-state index contributed by atoms with van der Waals surface area (Å²) < 4.78 is 15.6. The number of nitrogens with zero attached hydrogens (tertiary/aromatic N) is 3. The number of hydrogen-bond acceptors (Lipinski definition) is 3. The molecule has 1 aliphatic rings. The zero-order valence-electron chi connectivity index (χ0n) is 17.5. The Bertz CT molecular complexity index is 1020. The number of amides is 1. The van der Waals surface area contributed by atoms with Crippen LogP contribution in [0.1, 0.15) is 37.6 Å². The zero-order chi connectivity index (χ0) is 21.1. The van der Waals surface area contributed by atoms with E-state index in [1.807, 2.05) is 17.0 Å². The van der Waals surface area contributed by atoms with Crippen LogP contribution < -0.4 is 5.32 Å². The first kappa shape index (κ1) is 20.1. The van der Waals surface area contributed by atoms with Gasteiger partial charge < -0.3 is 14.8 Å². The molecule has 0 unspecified atom stereocenters. The first-order valence-electron chi connectivity index (χ1n) is 10.5. The van der Waals surface area contributed by atoms with Crippen LogP contribution in [0.3, 0.4) is 0 Å².